The molecule has 1 N–H and O–H groups in total. The number of carbonyl (C=O) groups is 1. The maximum absolute atomic E-state index is 10.5. The van der Waals surface area contributed by atoms with Crippen molar-refractivity contribution in [3.8, 4) is 0 Å². The van der Waals surface area contributed by atoms with Gasteiger partial charge in [0.05, 0.1) is 0 Å². The van der Waals surface area contributed by atoms with Gasteiger partial charge in [-0.05, 0) is 0 Å². The first-order valence-corrected chi connectivity index (χ1v) is 3.79. The number of aromatic nitrogens is 3. The molecule has 0 saturated heterocycles. The van der Waals surface area contributed by atoms with E-state index in [1.165, 1.54) is 16.8 Å². The minimum Gasteiger partial charge on any atom is -0.476 e. The number of carboxylic acid groups (broad SMARTS) is 1. The Bertz CT molecular complexity index is 480. The van der Waals surface area contributed by atoms with E-state index >= 15 is 0 Å². The van der Waals surface area contributed by atoms with Crippen molar-refractivity contribution >= 4 is 23.2 Å². The van der Waals surface area contributed by atoms with Gasteiger partial charge in [-0.1, -0.05) is 11.6 Å². The van der Waals surface area contributed by atoms with Crippen LogP contribution in [-0.4, -0.2) is 25.4 Å². The van der Waals surface area contributed by atoms with Gasteiger partial charge in [-0.25, -0.2) is 14.8 Å². The van der Waals surface area contributed by atoms with Gasteiger partial charge in [0.15, 0.2) is 16.5 Å². The topological polar surface area (TPSA) is 67.5 Å². The first kappa shape index (κ1) is 8.00. The molecule has 5 nitrogen and oxygen atoms in total. The van der Waals surface area contributed by atoms with Crippen molar-refractivity contribution in [3.05, 3.63) is 29.4 Å². The van der Waals surface area contributed by atoms with Crippen LogP contribution in [-0.2, 0) is 0 Å². The lowest BCUT2D eigenvalue weighted by Gasteiger charge is -1.91. The van der Waals surface area contributed by atoms with Crippen LogP contribution >= 0.6 is 11.6 Å². The van der Waals surface area contributed by atoms with Gasteiger partial charge in [-0.2, -0.15) is 0 Å². The van der Waals surface area contributed by atoms with Crippen LogP contribution in [0.3, 0.4) is 0 Å². The zero-order valence-electron chi connectivity index (χ0n) is 6.31. The van der Waals surface area contributed by atoms with Gasteiger partial charge in [0, 0.05) is 18.6 Å². The van der Waals surface area contributed by atoms with E-state index in [2.05, 4.69) is 9.97 Å². The highest BCUT2D eigenvalue weighted by Gasteiger charge is 2.10. The summed E-state index contributed by atoms with van der Waals surface area (Å²) in [7, 11) is 0. The fourth-order valence-electron chi connectivity index (χ4n) is 0.991. The molecule has 0 radical (unpaired) electrons. The molecule has 2 rings (SSSR count). The lowest BCUT2D eigenvalue weighted by molar-refractivity contribution is 0.0691. The number of fused-ring (bicyclic) bond motifs is 1. The Hall–Kier alpha value is -1.62. The summed E-state index contributed by atoms with van der Waals surface area (Å²) in [6, 6.07) is 0. The van der Waals surface area contributed by atoms with Crippen molar-refractivity contribution in [3.63, 3.8) is 0 Å². The van der Waals surface area contributed by atoms with Crippen molar-refractivity contribution < 1.29 is 9.90 Å². The molecular formula is C7H4ClN3O2. The molecule has 13 heavy (non-hydrogen) atoms. The minimum atomic E-state index is -1.08. The SMILES string of the molecule is O=C(O)c1cn2ccnc(Cl)c2n1. The number of aromatic carboxylic acids is 1. The number of hydrogen-bond acceptors (Lipinski definition) is 3. The largest absolute Gasteiger partial charge is 0.476 e. The number of nitrogens with zero attached hydrogens (tertiary/aromatic N) is 3. The maximum atomic E-state index is 10.5. The third kappa shape index (κ3) is 1.23. The molecule has 66 valence electrons. The normalized spacial score (nSPS) is 10.5. The Morgan fingerprint density at radius 2 is 2.38 bits per heavy atom. The molecule has 0 amide bonds. The third-order valence-electron chi connectivity index (χ3n) is 1.55. The van der Waals surface area contributed by atoms with Gasteiger partial charge >= 0.3 is 5.97 Å². The molecule has 6 heteroatoms. The monoisotopic (exact) mass is 197 g/mol. The van der Waals surface area contributed by atoms with Gasteiger partial charge < -0.3 is 9.51 Å². The second kappa shape index (κ2) is 2.70. The Kier molecular flexibility index (Phi) is 1.66. The molecule has 0 fully saturated rings. The first-order valence-electron chi connectivity index (χ1n) is 3.41. The highest BCUT2D eigenvalue weighted by atomic mass is 35.5. The molecule has 0 saturated carbocycles. The number of rotatable bonds is 1. The van der Waals surface area contributed by atoms with Crippen molar-refractivity contribution in [2.24, 2.45) is 0 Å². The zero-order chi connectivity index (χ0) is 9.42. The fourth-order valence-corrected chi connectivity index (χ4v) is 1.19. The highest BCUT2D eigenvalue weighted by Crippen LogP contribution is 2.12. The molecular weight excluding hydrogens is 194 g/mol. The molecule has 2 aromatic rings. The average Bonchev–Trinajstić information content (AvgIpc) is 2.49. The van der Waals surface area contributed by atoms with Crippen molar-refractivity contribution in [1.82, 2.24) is 14.4 Å². The minimum absolute atomic E-state index is 0.0464. The van der Waals surface area contributed by atoms with E-state index in [9.17, 15) is 4.79 Å². The third-order valence-corrected chi connectivity index (χ3v) is 1.82. The van der Waals surface area contributed by atoms with E-state index in [4.69, 9.17) is 16.7 Å². The zero-order valence-corrected chi connectivity index (χ0v) is 7.06. The van der Waals surface area contributed by atoms with Crippen molar-refractivity contribution in [2.75, 3.05) is 0 Å². The van der Waals surface area contributed by atoms with Crippen LogP contribution in [0.25, 0.3) is 5.65 Å². The highest BCUT2D eigenvalue weighted by molar-refractivity contribution is 6.32. The van der Waals surface area contributed by atoms with Crippen LogP contribution in [0.15, 0.2) is 18.6 Å². The molecule has 2 heterocycles. The van der Waals surface area contributed by atoms with Crippen molar-refractivity contribution in [2.45, 2.75) is 0 Å². The van der Waals surface area contributed by atoms with Crippen LogP contribution in [0.2, 0.25) is 5.15 Å². The van der Waals surface area contributed by atoms with E-state index in [0.29, 0.717) is 5.65 Å². The number of halogens is 1. The Balaban J connectivity index is 2.75. The van der Waals surface area contributed by atoms with Crippen LogP contribution in [0.1, 0.15) is 10.5 Å². The average molecular weight is 198 g/mol. The van der Waals surface area contributed by atoms with Gasteiger partial charge in [0.1, 0.15) is 0 Å². The first-order chi connectivity index (χ1) is 6.18. The number of carboxylic acids is 1. The van der Waals surface area contributed by atoms with Crippen LogP contribution < -0.4 is 0 Å². The summed E-state index contributed by atoms with van der Waals surface area (Å²) in [5.41, 5.74) is 0.302. The van der Waals surface area contributed by atoms with Gasteiger partial charge in [-0.3, -0.25) is 0 Å². The lowest BCUT2D eigenvalue weighted by atomic mass is 10.5. The molecule has 0 bridgehead atoms. The van der Waals surface area contributed by atoms with E-state index in [0.717, 1.165) is 0 Å². The van der Waals surface area contributed by atoms with Crippen LogP contribution in [0.5, 0.6) is 0 Å². The molecule has 0 aromatic carbocycles. The predicted octanol–water partition coefficient (Wildman–Crippen LogP) is 1.08. The summed E-state index contributed by atoms with van der Waals surface area (Å²) >= 11 is 5.69. The van der Waals surface area contributed by atoms with Crippen LogP contribution in [0, 0.1) is 0 Å². The van der Waals surface area contributed by atoms with Gasteiger partial charge in [0.25, 0.3) is 0 Å². The summed E-state index contributed by atoms with van der Waals surface area (Å²) in [4.78, 5) is 18.1. The van der Waals surface area contributed by atoms with E-state index in [1.54, 1.807) is 6.20 Å². The standard InChI is InChI=1S/C7H4ClN3O2/c8-5-6-10-4(7(12)13)3-11(6)2-1-9-5/h1-3H,(H,12,13). The smallest absolute Gasteiger partial charge is 0.356 e. The molecule has 0 aliphatic carbocycles. The van der Waals surface area contributed by atoms with E-state index < -0.39 is 5.97 Å². The molecule has 0 unspecified atom stereocenters. The molecule has 2 aromatic heterocycles. The van der Waals surface area contributed by atoms with Crippen LogP contribution in [0.4, 0.5) is 0 Å². The lowest BCUT2D eigenvalue weighted by Crippen LogP contribution is -1.94. The summed E-state index contributed by atoms with van der Waals surface area (Å²) in [5.74, 6) is -1.08. The van der Waals surface area contributed by atoms with Gasteiger partial charge in [-0.15, -0.1) is 0 Å². The Morgan fingerprint density at radius 1 is 1.62 bits per heavy atom. The van der Waals surface area contributed by atoms with Gasteiger partial charge in [0.2, 0.25) is 0 Å². The summed E-state index contributed by atoms with van der Waals surface area (Å²) in [6.45, 7) is 0. The molecule has 0 spiro atoms. The number of imidazole rings is 1. The quantitative estimate of drug-likeness (QED) is 0.743. The Morgan fingerprint density at radius 3 is 3.00 bits per heavy atom. The summed E-state index contributed by atoms with van der Waals surface area (Å²) in [6.07, 6.45) is 4.44. The molecule has 0 atom stereocenters. The molecule has 0 aliphatic heterocycles. The second-order valence-corrected chi connectivity index (χ2v) is 2.74. The van der Waals surface area contributed by atoms with E-state index in [-0.39, 0.29) is 10.8 Å². The van der Waals surface area contributed by atoms with E-state index in [1.807, 2.05) is 0 Å². The summed E-state index contributed by atoms with van der Waals surface area (Å²) < 4.78 is 1.51. The molecule has 0 aliphatic rings. The maximum Gasteiger partial charge on any atom is 0.356 e. The predicted molar refractivity (Wildman–Crippen MR) is 45.0 cm³/mol. The fraction of sp³-hybridized carbons (Fsp3) is 0. The van der Waals surface area contributed by atoms with Crippen molar-refractivity contribution in [1.29, 1.82) is 0 Å². The number of hydrogen-bond donors (Lipinski definition) is 1. The summed E-state index contributed by atoms with van der Waals surface area (Å²) in [5, 5.41) is 8.83. The second-order valence-electron chi connectivity index (χ2n) is 2.38. The Labute approximate surface area is 77.6 Å².